The highest BCUT2D eigenvalue weighted by atomic mass is 16.1. The normalized spacial score (nSPS) is 13.8. The van der Waals surface area contributed by atoms with E-state index >= 15 is 0 Å². The maximum Gasteiger partial charge on any atom is 0.254 e. The average molecular weight is 268 g/mol. The molecule has 0 bridgehead atoms. The van der Waals surface area contributed by atoms with Gasteiger partial charge in [-0.25, -0.2) is 9.97 Å². The third-order valence-electron chi connectivity index (χ3n) is 3.12. The van der Waals surface area contributed by atoms with Crippen molar-refractivity contribution in [3.05, 3.63) is 53.9 Å². The number of aromatic nitrogens is 2. The summed E-state index contributed by atoms with van der Waals surface area (Å²) in [5.41, 5.74) is 1.66. The predicted molar refractivity (Wildman–Crippen MR) is 76.3 cm³/mol. The van der Waals surface area contributed by atoms with Crippen LogP contribution in [0, 0.1) is 0 Å². The second kappa shape index (κ2) is 5.69. The summed E-state index contributed by atoms with van der Waals surface area (Å²) in [7, 11) is 0. The molecule has 0 atom stereocenters. The molecule has 0 saturated heterocycles. The van der Waals surface area contributed by atoms with E-state index in [1.54, 1.807) is 12.4 Å². The van der Waals surface area contributed by atoms with Gasteiger partial charge in [-0.05, 0) is 18.4 Å². The maximum atomic E-state index is 11.8. The van der Waals surface area contributed by atoms with Crippen LogP contribution in [0.4, 0.5) is 5.95 Å². The molecule has 0 unspecified atom stereocenters. The van der Waals surface area contributed by atoms with Gasteiger partial charge in [-0.1, -0.05) is 30.3 Å². The molecule has 3 rings (SSSR count). The van der Waals surface area contributed by atoms with Crippen molar-refractivity contribution in [2.24, 2.45) is 0 Å². The summed E-state index contributed by atoms with van der Waals surface area (Å²) in [6.45, 7) is 0.661. The lowest BCUT2D eigenvalue weighted by atomic mass is 10.2. The monoisotopic (exact) mass is 268 g/mol. The van der Waals surface area contributed by atoms with E-state index in [2.05, 4.69) is 20.6 Å². The van der Waals surface area contributed by atoms with Gasteiger partial charge >= 0.3 is 0 Å². The van der Waals surface area contributed by atoms with Crippen molar-refractivity contribution >= 4 is 11.9 Å². The quantitative estimate of drug-likeness (QED) is 0.870. The molecule has 2 aromatic rings. The van der Waals surface area contributed by atoms with Gasteiger partial charge in [0.2, 0.25) is 5.95 Å². The molecule has 2 N–H and O–H groups in total. The Labute approximate surface area is 117 Å². The summed E-state index contributed by atoms with van der Waals surface area (Å²) in [5.74, 6) is 0.430. The van der Waals surface area contributed by atoms with E-state index in [1.807, 2.05) is 30.3 Å². The molecule has 102 valence electrons. The second-order valence-corrected chi connectivity index (χ2v) is 4.88. The largest absolute Gasteiger partial charge is 0.350 e. The first-order valence-electron chi connectivity index (χ1n) is 6.72. The van der Waals surface area contributed by atoms with Crippen molar-refractivity contribution in [1.82, 2.24) is 15.3 Å². The van der Waals surface area contributed by atoms with Gasteiger partial charge < -0.3 is 10.6 Å². The van der Waals surface area contributed by atoms with E-state index in [9.17, 15) is 4.79 Å². The molecule has 1 aliphatic rings. The molecule has 0 radical (unpaired) electrons. The minimum atomic E-state index is -0.0953. The number of hydrogen-bond acceptors (Lipinski definition) is 4. The number of nitrogens with one attached hydrogen (secondary N) is 2. The van der Waals surface area contributed by atoms with Gasteiger partial charge in [0.05, 0.1) is 5.56 Å². The highest BCUT2D eigenvalue weighted by Gasteiger charge is 2.23. The Hall–Kier alpha value is -2.43. The van der Waals surface area contributed by atoms with Crippen molar-refractivity contribution in [2.75, 3.05) is 5.32 Å². The van der Waals surface area contributed by atoms with Crippen LogP contribution < -0.4 is 10.6 Å². The highest BCUT2D eigenvalue weighted by Crippen LogP contribution is 2.19. The summed E-state index contributed by atoms with van der Waals surface area (Å²) in [6, 6.07) is 10.4. The Kier molecular flexibility index (Phi) is 3.58. The van der Waals surface area contributed by atoms with Crippen LogP contribution in [-0.2, 0) is 6.54 Å². The highest BCUT2D eigenvalue weighted by molar-refractivity contribution is 5.94. The Morgan fingerprint density at radius 2 is 1.85 bits per heavy atom. The van der Waals surface area contributed by atoms with E-state index in [0.717, 1.165) is 18.4 Å². The van der Waals surface area contributed by atoms with Crippen molar-refractivity contribution in [1.29, 1.82) is 0 Å². The van der Waals surface area contributed by atoms with E-state index in [-0.39, 0.29) is 5.91 Å². The van der Waals surface area contributed by atoms with Crippen LogP contribution in [0.3, 0.4) is 0 Å². The molecule has 1 aromatic heterocycles. The van der Waals surface area contributed by atoms with Crippen LogP contribution in [0.2, 0.25) is 0 Å². The topological polar surface area (TPSA) is 66.9 Å². The molecule has 1 saturated carbocycles. The first-order valence-corrected chi connectivity index (χ1v) is 6.72. The zero-order valence-electron chi connectivity index (χ0n) is 11.0. The summed E-state index contributed by atoms with van der Waals surface area (Å²) in [5, 5.41) is 6.03. The molecule has 1 aromatic carbocycles. The fourth-order valence-electron chi connectivity index (χ4n) is 1.81. The van der Waals surface area contributed by atoms with Crippen LogP contribution in [-0.4, -0.2) is 21.9 Å². The van der Waals surface area contributed by atoms with E-state index < -0.39 is 0 Å². The minimum absolute atomic E-state index is 0.0953. The Morgan fingerprint density at radius 1 is 1.15 bits per heavy atom. The lowest BCUT2D eigenvalue weighted by molar-refractivity contribution is 0.0950. The first kappa shape index (κ1) is 12.6. The lowest BCUT2D eigenvalue weighted by Crippen LogP contribution is -2.25. The minimum Gasteiger partial charge on any atom is -0.350 e. The van der Waals surface area contributed by atoms with Crippen LogP contribution in [0.25, 0.3) is 0 Å². The number of anilines is 1. The third-order valence-corrected chi connectivity index (χ3v) is 3.12. The summed E-state index contributed by atoms with van der Waals surface area (Å²) < 4.78 is 0. The van der Waals surface area contributed by atoms with Crippen molar-refractivity contribution in [3.63, 3.8) is 0 Å². The Morgan fingerprint density at radius 3 is 2.50 bits per heavy atom. The summed E-state index contributed by atoms with van der Waals surface area (Å²) in [4.78, 5) is 20.1. The van der Waals surface area contributed by atoms with Crippen LogP contribution in [0.15, 0.2) is 42.7 Å². The molecular weight excluding hydrogens is 252 g/mol. The zero-order valence-corrected chi connectivity index (χ0v) is 11.0. The molecule has 0 spiro atoms. The SMILES string of the molecule is O=C(NC1CC1)c1cnc(NCc2ccccc2)nc1. The Balaban J connectivity index is 1.56. The van der Waals surface area contributed by atoms with E-state index in [4.69, 9.17) is 0 Å². The molecule has 5 nitrogen and oxygen atoms in total. The van der Waals surface area contributed by atoms with Gasteiger partial charge in [-0.15, -0.1) is 0 Å². The average Bonchev–Trinajstić information content (AvgIpc) is 3.31. The van der Waals surface area contributed by atoms with Gasteiger partial charge in [0.25, 0.3) is 5.91 Å². The smallest absolute Gasteiger partial charge is 0.254 e. The third kappa shape index (κ3) is 3.32. The summed E-state index contributed by atoms with van der Waals surface area (Å²) >= 11 is 0. The molecule has 1 heterocycles. The lowest BCUT2D eigenvalue weighted by Gasteiger charge is -2.06. The van der Waals surface area contributed by atoms with Gasteiger partial charge in [0.1, 0.15) is 0 Å². The second-order valence-electron chi connectivity index (χ2n) is 4.88. The van der Waals surface area contributed by atoms with Gasteiger partial charge in [-0.2, -0.15) is 0 Å². The maximum absolute atomic E-state index is 11.8. The Bertz CT molecular complexity index is 579. The number of hydrogen-bond donors (Lipinski definition) is 2. The van der Waals surface area contributed by atoms with Crippen LogP contribution >= 0.6 is 0 Å². The summed E-state index contributed by atoms with van der Waals surface area (Å²) in [6.07, 6.45) is 5.25. The fourth-order valence-corrected chi connectivity index (χ4v) is 1.81. The predicted octanol–water partition coefficient (Wildman–Crippen LogP) is 1.98. The first-order chi connectivity index (χ1) is 9.81. The number of carbonyl (C=O) groups excluding carboxylic acids is 1. The number of carbonyl (C=O) groups is 1. The number of amides is 1. The molecular formula is C15H16N4O. The molecule has 1 fully saturated rings. The standard InChI is InChI=1S/C15H16N4O/c20-14(19-13-6-7-13)12-9-17-15(18-10-12)16-8-11-4-2-1-3-5-11/h1-5,9-10,13H,6-8H2,(H,19,20)(H,16,17,18). The molecule has 1 aliphatic carbocycles. The van der Waals surface area contributed by atoms with Crippen molar-refractivity contribution in [3.8, 4) is 0 Å². The van der Waals surface area contributed by atoms with Crippen molar-refractivity contribution in [2.45, 2.75) is 25.4 Å². The molecule has 20 heavy (non-hydrogen) atoms. The molecule has 1 amide bonds. The van der Waals surface area contributed by atoms with E-state index in [0.29, 0.717) is 24.1 Å². The molecule has 0 aliphatic heterocycles. The van der Waals surface area contributed by atoms with Crippen LogP contribution in [0.5, 0.6) is 0 Å². The van der Waals surface area contributed by atoms with E-state index in [1.165, 1.54) is 0 Å². The number of benzene rings is 1. The van der Waals surface area contributed by atoms with Gasteiger partial charge in [-0.3, -0.25) is 4.79 Å². The number of rotatable bonds is 5. The fraction of sp³-hybridized carbons (Fsp3) is 0.267. The zero-order chi connectivity index (χ0) is 13.8. The molecule has 5 heteroatoms. The van der Waals surface area contributed by atoms with Gasteiger partial charge in [0.15, 0.2) is 0 Å². The van der Waals surface area contributed by atoms with Gasteiger partial charge in [0, 0.05) is 25.0 Å². The van der Waals surface area contributed by atoms with Crippen molar-refractivity contribution < 1.29 is 4.79 Å². The number of nitrogens with zero attached hydrogens (tertiary/aromatic N) is 2. The van der Waals surface area contributed by atoms with Crippen LogP contribution in [0.1, 0.15) is 28.8 Å².